The average molecular weight is 430 g/mol. The molecule has 0 radical (unpaired) electrons. The van der Waals surface area contributed by atoms with Crippen LogP contribution in [0.3, 0.4) is 0 Å². The fourth-order valence-corrected chi connectivity index (χ4v) is 2.55. The summed E-state index contributed by atoms with van der Waals surface area (Å²) in [6.45, 7) is 0. The summed E-state index contributed by atoms with van der Waals surface area (Å²) < 4.78 is 43.4. The molecule has 0 aliphatic carbocycles. The van der Waals surface area contributed by atoms with Crippen molar-refractivity contribution >= 4 is 35.5 Å². The molecule has 0 fully saturated rings. The van der Waals surface area contributed by atoms with Crippen molar-refractivity contribution in [3.05, 3.63) is 101 Å². The largest absolute Gasteiger partial charge is 0.423 e. The zero-order valence-electron chi connectivity index (χ0n) is 15.4. The van der Waals surface area contributed by atoms with Crippen LogP contribution in [0.2, 0.25) is 5.02 Å². The Morgan fingerprint density at radius 3 is 2.27 bits per heavy atom. The van der Waals surface area contributed by atoms with E-state index in [0.717, 1.165) is 17.7 Å². The maximum absolute atomic E-state index is 12.7. The van der Waals surface area contributed by atoms with Crippen molar-refractivity contribution in [3.63, 3.8) is 0 Å². The van der Waals surface area contributed by atoms with Crippen molar-refractivity contribution in [2.24, 2.45) is 4.99 Å². The van der Waals surface area contributed by atoms with Crippen LogP contribution in [0.1, 0.15) is 16.7 Å². The standard InChI is InChI=1S/C23H15ClF3NO2/c24-19-9-4-16(5-10-19)8-13-22(29)30-21-11-6-17(7-12-21)15-28-20-3-1-2-18(14-20)23(25,26)27/h1-15H. The smallest absolute Gasteiger partial charge is 0.416 e. The number of hydrogen-bond donors (Lipinski definition) is 0. The maximum Gasteiger partial charge on any atom is 0.416 e. The van der Waals surface area contributed by atoms with Gasteiger partial charge in [-0.1, -0.05) is 29.8 Å². The van der Waals surface area contributed by atoms with Crippen LogP contribution in [0.15, 0.2) is 83.9 Å². The van der Waals surface area contributed by atoms with E-state index in [2.05, 4.69) is 4.99 Å². The van der Waals surface area contributed by atoms with E-state index in [4.69, 9.17) is 16.3 Å². The van der Waals surface area contributed by atoms with E-state index in [9.17, 15) is 18.0 Å². The molecule has 7 heteroatoms. The van der Waals surface area contributed by atoms with Gasteiger partial charge in [0.1, 0.15) is 5.75 Å². The van der Waals surface area contributed by atoms with E-state index in [1.54, 1.807) is 54.6 Å². The van der Waals surface area contributed by atoms with Gasteiger partial charge in [-0.3, -0.25) is 4.99 Å². The number of rotatable bonds is 5. The zero-order valence-corrected chi connectivity index (χ0v) is 16.2. The van der Waals surface area contributed by atoms with Gasteiger partial charge in [0, 0.05) is 17.3 Å². The summed E-state index contributed by atoms with van der Waals surface area (Å²) in [7, 11) is 0. The Balaban J connectivity index is 1.60. The molecule has 3 nitrogen and oxygen atoms in total. The Morgan fingerprint density at radius 1 is 0.933 bits per heavy atom. The number of aliphatic imine (C=N–C) groups is 1. The number of carbonyl (C=O) groups excluding carboxylic acids is 1. The molecular formula is C23H15ClF3NO2. The predicted octanol–water partition coefficient (Wildman–Crippen LogP) is 6.73. The Morgan fingerprint density at radius 2 is 1.60 bits per heavy atom. The minimum Gasteiger partial charge on any atom is -0.423 e. The molecule has 0 heterocycles. The first-order chi connectivity index (χ1) is 14.3. The molecule has 0 aliphatic heterocycles. The second kappa shape index (κ2) is 9.41. The molecule has 0 saturated heterocycles. The van der Waals surface area contributed by atoms with Crippen LogP contribution in [-0.2, 0) is 11.0 Å². The second-order valence-electron chi connectivity index (χ2n) is 6.18. The molecule has 0 N–H and O–H groups in total. The third-order valence-electron chi connectivity index (χ3n) is 3.92. The quantitative estimate of drug-likeness (QED) is 0.195. The third kappa shape index (κ3) is 6.32. The van der Waals surface area contributed by atoms with Crippen LogP contribution < -0.4 is 4.74 Å². The van der Waals surface area contributed by atoms with Gasteiger partial charge in [-0.15, -0.1) is 0 Å². The highest BCUT2D eigenvalue weighted by molar-refractivity contribution is 6.30. The maximum atomic E-state index is 12.7. The summed E-state index contributed by atoms with van der Waals surface area (Å²) in [6.07, 6.45) is -0.0818. The Bertz CT molecular complexity index is 1070. The lowest BCUT2D eigenvalue weighted by Gasteiger charge is -2.06. The summed E-state index contributed by atoms with van der Waals surface area (Å²) in [4.78, 5) is 16.0. The topological polar surface area (TPSA) is 38.7 Å². The van der Waals surface area contributed by atoms with Gasteiger partial charge < -0.3 is 4.74 Å². The average Bonchev–Trinajstić information content (AvgIpc) is 2.72. The minimum atomic E-state index is -4.42. The highest BCUT2D eigenvalue weighted by Gasteiger charge is 2.30. The zero-order chi connectivity index (χ0) is 21.6. The molecule has 0 bridgehead atoms. The highest BCUT2D eigenvalue weighted by atomic mass is 35.5. The first-order valence-corrected chi connectivity index (χ1v) is 9.14. The summed E-state index contributed by atoms with van der Waals surface area (Å²) in [6, 6.07) is 18.1. The van der Waals surface area contributed by atoms with Crippen molar-refractivity contribution in [3.8, 4) is 5.75 Å². The number of alkyl halides is 3. The number of esters is 1. The third-order valence-corrected chi connectivity index (χ3v) is 4.17. The monoisotopic (exact) mass is 429 g/mol. The van der Waals surface area contributed by atoms with E-state index in [1.807, 2.05) is 0 Å². The van der Waals surface area contributed by atoms with Crippen LogP contribution in [-0.4, -0.2) is 12.2 Å². The van der Waals surface area contributed by atoms with Crippen molar-refractivity contribution in [1.29, 1.82) is 0 Å². The van der Waals surface area contributed by atoms with E-state index >= 15 is 0 Å². The van der Waals surface area contributed by atoms with Gasteiger partial charge in [0.05, 0.1) is 11.3 Å². The number of carbonyl (C=O) groups is 1. The normalized spacial score (nSPS) is 11.9. The molecule has 0 saturated carbocycles. The fraction of sp³-hybridized carbons (Fsp3) is 0.0435. The molecule has 0 unspecified atom stereocenters. The second-order valence-corrected chi connectivity index (χ2v) is 6.62. The van der Waals surface area contributed by atoms with Gasteiger partial charge in [-0.25, -0.2) is 4.79 Å². The SMILES string of the molecule is O=C(C=Cc1ccc(Cl)cc1)Oc1ccc(C=Nc2cccc(C(F)(F)F)c2)cc1. The van der Waals surface area contributed by atoms with E-state index in [-0.39, 0.29) is 5.69 Å². The lowest BCUT2D eigenvalue weighted by atomic mass is 10.2. The van der Waals surface area contributed by atoms with E-state index in [0.29, 0.717) is 16.3 Å². The molecule has 0 aliphatic rings. The van der Waals surface area contributed by atoms with Crippen LogP contribution in [0.4, 0.5) is 18.9 Å². The summed E-state index contributed by atoms with van der Waals surface area (Å²) in [5, 5.41) is 0.603. The molecule has 152 valence electrons. The van der Waals surface area contributed by atoms with Gasteiger partial charge in [-0.2, -0.15) is 13.2 Å². The minimum absolute atomic E-state index is 0.188. The van der Waals surface area contributed by atoms with Crippen molar-refractivity contribution < 1.29 is 22.7 Å². The fourth-order valence-electron chi connectivity index (χ4n) is 2.42. The van der Waals surface area contributed by atoms with Crippen LogP contribution >= 0.6 is 11.6 Å². The Hall–Kier alpha value is -3.38. The summed E-state index contributed by atoms with van der Waals surface area (Å²) in [5.74, 6) is -0.215. The van der Waals surface area contributed by atoms with Gasteiger partial charge >= 0.3 is 12.1 Å². The molecule has 0 spiro atoms. The molecule has 0 atom stereocenters. The highest BCUT2D eigenvalue weighted by Crippen LogP contribution is 2.31. The van der Waals surface area contributed by atoms with Crippen LogP contribution in [0, 0.1) is 0 Å². The Labute approximate surface area is 176 Å². The molecule has 3 aromatic rings. The first-order valence-electron chi connectivity index (χ1n) is 8.76. The number of nitrogens with zero attached hydrogens (tertiary/aromatic N) is 1. The lowest BCUT2D eigenvalue weighted by Crippen LogP contribution is -2.03. The van der Waals surface area contributed by atoms with Gasteiger partial charge in [-0.05, 0) is 71.8 Å². The van der Waals surface area contributed by atoms with Crippen molar-refractivity contribution in [2.45, 2.75) is 6.18 Å². The molecule has 0 amide bonds. The lowest BCUT2D eigenvalue weighted by molar-refractivity contribution is -0.137. The van der Waals surface area contributed by atoms with Crippen molar-refractivity contribution in [2.75, 3.05) is 0 Å². The van der Waals surface area contributed by atoms with Gasteiger partial charge in [0.25, 0.3) is 0 Å². The molecule has 0 aromatic heterocycles. The molecule has 30 heavy (non-hydrogen) atoms. The van der Waals surface area contributed by atoms with Gasteiger partial charge in [0.2, 0.25) is 0 Å². The number of benzene rings is 3. The number of hydrogen-bond acceptors (Lipinski definition) is 3. The Kier molecular flexibility index (Phi) is 6.69. The van der Waals surface area contributed by atoms with E-state index in [1.165, 1.54) is 24.4 Å². The van der Waals surface area contributed by atoms with E-state index < -0.39 is 17.7 Å². The number of ether oxygens (including phenoxy) is 1. The van der Waals surface area contributed by atoms with Crippen LogP contribution in [0.5, 0.6) is 5.75 Å². The predicted molar refractivity (Wildman–Crippen MR) is 111 cm³/mol. The molecule has 3 aromatic carbocycles. The van der Waals surface area contributed by atoms with Crippen molar-refractivity contribution in [1.82, 2.24) is 0 Å². The first kappa shape index (κ1) is 21.3. The summed E-state index contributed by atoms with van der Waals surface area (Å²) >= 11 is 5.81. The molecular weight excluding hydrogens is 415 g/mol. The number of halogens is 4. The van der Waals surface area contributed by atoms with Crippen LogP contribution in [0.25, 0.3) is 6.08 Å². The van der Waals surface area contributed by atoms with Gasteiger partial charge in [0.15, 0.2) is 0 Å². The molecule has 3 rings (SSSR count). The summed E-state index contributed by atoms with van der Waals surface area (Å²) in [5.41, 5.74) is 0.875.